The lowest BCUT2D eigenvalue weighted by molar-refractivity contribution is -0.154. The van der Waals surface area contributed by atoms with Crippen LogP contribution in [0.1, 0.15) is 13.3 Å². The van der Waals surface area contributed by atoms with Crippen molar-refractivity contribution in [2.45, 2.75) is 31.7 Å². The van der Waals surface area contributed by atoms with Gasteiger partial charge in [-0.1, -0.05) is 0 Å². The Hall–Kier alpha value is -0.160. The first-order valence-corrected chi connectivity index (χ1v) is 4.31. The molecule has 0 spiro atoms. The summed E-state index contributed by atoms with van der Waals surface area (Å²) in [4.78, 5) is 0. The third kappa shape index (κ3) is 2.42. The highest BCUT2D eigenvalue weighted by Crippen LogP contribution is 2.14. The quantitative estimate of drug-likeness (QED) is 0.610. The molecule has 1 saturated heterocycles. The number of aliphatic hydroxyl groups is 2. The average molecular weight is 176 g/mol. The number of hydrogen-bond donors (Lipinski definition) is 2. The Morgan fingerprint density at radius 3 is 2.92 bits per heavy atom. The first kappa shape index (κ1) is 9.92. The molecule has 72 valence electrons. The summed E-state index contributed by atoms with van der Waals surface area (Å²) in [6.07, 6.45) is -1.33. The highest BCUT2D eigenvalue weighted by molar-refractivity contribution is 4.80. The third-order valence-electron chi connectivity index (χ3n) is 2.01. The van der Waals surface area contributed by atoms with E-state index < -0.39 is 12.2 Å². The Morgan fingerprint density at radius 2 is 2.25 bits per heavy atom. The molecule has 1 aliphatic rings. The fourth-order valence-electron chi connectivity index (χ4n) is 1.24. The lowest BCUT2D eigenvalue weighted by Gasteiger charge is -2.31. The molecule has 1 heterocycles. The van der Waals surface area contributed by atoms with Crippen molar-refractivity contribution < 1.29 is 19.7 Å². The molecule has 1 fully saturated rings. The van der Waals surface area contributed by atoms with E-state index in [0.29, 0.717) is 26.2 Å². The van der Waals surface area contributed by atoms with Crippen molar-refractivity contribution in [2.24, 2.45) is 0 Å². The first-order chi connectivity index (χ1) is 5.75. The van der Waals surface area contributed by atoms with Gasteiger partial charge in [-0.15, -0.1) is 0 Å². The molecule has 4 heteroatoms. The summed E-state index contributed by atoms with van der Waals surface area (Å²) in [6.45, 7) is 3.33. The Bertz CT molecular complexity index is 128. The van der Waals surface area contributed by atoms with E-state index in [1.807, 2.05) is 6.92 Å². The molecule has 12 heavy (non-hydrogen) atoms. The lowest BCUT2D eigenvalue weighted by Crippen LogP contribution is -2.46. The van der Waals surface area contributed by atoms with Gasteiger partial charge in [0.2, 0.25) is 0 Å². The van der Waals surface area contributed by atoms with E-state index >= 15 is 0 Å². The number of hydrogen-bond acceptors (Lipinski definition) is 4. The fourth-order valence-corrected chi connectivity index (χ4v) is 1.24. The summed E-state index contributed by atoms with van der Waals surface area (Å²) in [6, 6.07) is 0. The molecule has 0 aromatic carbocycles. The Labute approximate surface area is 72.1 Å². The van der Waals surface area contributed by atoms with E-state index in [2.05, 4.69) is 0 Å². The van der Waals surface area contributed by atoms with E-state index in [4.69, 9.17) is 9.47 Å². The van der Waals surface area contributed by atoms with Crippen molar-refractivity contribution in [1.82, 2.24) is 0 Å². The predicted molar refractivity (Wildman–Crippen MR) is 42.9 cm³/mol. The largest absolute Gasteiger partial charge is 0.390 e. The van der Waals surface area contributed by atoms with E-state index in [9.17, 15) is 10.2 Å². The van der Waals surface area contributed by atoms with Crippen LogP contribution in [-0.2, 0) is 9.47 Å². The van der Waals surface area contributed by atoms with Crippen LogP contribution >= 0.6 is 0 Å². The molecule has 2 N–H and O–H groups in total. The van der Waals surface area contributed by atoms with Gasteiger partial charge in [0.15, 0.2) is 0 Å². The molecular formula is C8H16O4. The normalized spacial score (nSPS) is 36.8. The van der Waals surface area contributed by atoms with Gasteiger partial charge in [0.25, 0.3) is 0 Å². The molecule has 0 radical (unpaired) electrons. The molecule has 2 unspecified atom stereocenters. The zero-order valence-electron chi connectivity index (χ0n) is 7.27. The maximum absolute atomic E-state index is 9.41. The van der Waals surface area contributed by atoms with Crippen molar-refractivity contribution in [2.75, 3.05) is 19.8 Å². The second-order valence-corrected chi connectivity index (χ2v) is 2.92. The second-order valence-electron chi connectivity index (χ2n) is 2.92. The van der Waals surface area contributed by atoms with E-state index in [1.54, 1.807) is 0 Å². The van der Waals surface area contributed by atoms with Crippen LogP contribution in [0.5, 0.6) is 0 Å². The first-order valence-electron chi connectivity index (χ1n) is 4.31. The van der Waals surface area contributed by atoms with Crippen LogP contribution in [0.15, 0.2) is 0 Å². The maximum Gasteiger partial charge on any atom is 0.109 e. The highest BCUT2D eigenvalue weighted by Gasteiger charge is 2.31. The van der Waals surface area contributed by atoms with Crippen LogP contribution in [0, 0.1) is 0 Å². The number of ether oxygens (including phenoxy) is 2. The van der Waals surface area contributed by atoms with Crippen molar-refractivity contribution in [3.63, 3.8) is 0 Å². The fraction of sp³-hybridized carbons (Fsp3) is 1.00. The molecule has 0 bridgehead atoms. The monoisotopic (exact) mass is 176 g/mol. The van der Waals surface area contributed by atoms with Crippen LogP contribution in [0.2, 0.25) is 0 Å². The molecular weight excluding hydrogens is 160 g/mol. The van der Waals surface area contributed by atoms with Gasteiger partial charge in [-0.3, -0.25) is 0 Å². The van der Waals surface area contributed by atoms with Crippen LogP contribution in [0.4, 0.5) is 0 Å². The maximum atomic E-state index is 9.41. The summed E-state index contributed by atoms with van der Waals surface area (Å²) in [7, 11) is 0. The smallest absolute Gasteiger partial charge is 0.109 e. The van der Waals surface area contributed by atoms with Gasteiger partial charge in [-0.25, -0.2) is 0 Å². The summed E-state index contributed by atoms with van der Waals surface area (Å²) in [5, 5.41) is 18.7. The lowest BCUT2D eigenvalue weighted by atomic mass is 10.0. The minimum absolute atomic E-state index is 0.356. The summed E-state index contributed by atoms with van der Waals surface area (Å²) < 4.78 is 10.3. The van der Waals surface area contributed by atoms with Gasteiger partial charge >= 0.3 is 0 Å². The van der Waals surface area contributed by atoms with Crippen molar-refractivity contribution in [1.29, 1.82) is 0 Å². The molecule has 4 nitrogen and oxygen atoms in total. The molecule has 0 aromatic rings. The van der Waals surface area contributed by atoms with Gasteiger partial charge in [0, 0.05) is 13.2 Å². The van der Waals surface area contributed by atoms with Gasteiger partial charge in [-0.05, 0) is 13.3 Å². The molecule has 0 aromatic heterocycles. The average Bonchev–Trinajstić information content (AvgIpc) is 2.08. The number of rotatable bonds is 3. The summed E-state index contributed by atoms with van der Waals surface area (Å²) in [5.41, 5.74) is 0. The van der Waals surface area contributed by atoms with Gasteiger partial charge in [0.05, 0.1) is 12.7 Å². The Morgan fingerprint density at radius 1 is 1.50 bits per heavy atom. The summed E-state index contributed by atoms with van der Waals surface area (Å²) in [5.74, 6) is 0. The number of aliphatic hydroxyl groups excluding tert-OH is 2. The van der Waals surface area contributed by atoms with Crippen molar-refractivity contribution in [3.05, 3.63) is 0 Å². The minimum atomic E-state index is -0.801. The van der Waals surface area contributed by atoms with Crippen LogP contribution in [0.25, 0.3) is 0 Å². The van der Waals surface area contributed by atoms with Gasteiger partial charge in [-0.2, -0.15) is 0 Å². The van der Waals surface area contributed by atoms with Crippen LogP contribution < -0.4 is 0 Å². The zero-order valence-corrected chi connectivity index (χ0v) is 7.27. The van der Waals surface area contributed by atoms with E-state index in [1.165, 1.54) is 0 Å². The second kappa shape index (κ2) is 4.77. The molecule has 3 atom stereocenters. The third-order valence-corrected chi connectivity index (χ3v) is 2.01. The predicted octanol–water partition coefficient (Wildman–Crippen LogP) is -0.466. The highest BCUT2D eigenvalue weighted by atomic mass is 16.5. The molecule has 1 aliphatic heterocycles. The van der Waals surface area contributed by atoms with Gasteiger partial charge in [0.1, 0.15) is 12.2 Å². The minimum Gasteiger partial charge on any atom is -0.390 e. The van der Waals surface area contributed by atoms with E-state index in [-0.39, 0.29) is 6.10 Å². The van der Waals surface area contributed by atoms with Crippen molar-refractivity contribution >= 4 is 0 Å². The molecule has 0 aliphatic carbocycles. The SMILES string of the molecule is CCOC[C@H]1OCCC(O)C1O. The van der Waals surface area contributed by atoms with Gasteiger partial charge < -0.3 is 19.7 Å². The Kier molecular flexibility index (Phi) is 3.94. The zero-order chi connectivity index (χ0) is 8.97. The topological polar surface area (TPSA) is 58.9 Å². The summed E-state index contributed by atoms with van der Waals surface area (Å²) >= 11 is 0. The van der Waals surface area contributed by atoms with Crippen LogP contribution in [-0.4, -0.2) is 48.3 Å². The molecule has 1 rings (SSSR count). The van der Waals surface area contributed by atoms with Crippen LogP contribution in [0.3, 0.4) is 0 Å². The standard InChI is InChI=1S/C8H16O4/c1-2-11-5-7-8(10)6(9)3-4-12-7/h6-10H,2-5H2,1H3/t6?,7-,8?/m1/s1. The van der Waals surface area contributed by atoms with E-state index in [0.717, 1.165) is 0 Å². The Balaban J connectivity index is 2.30. The van der Waals surface area contributed by atoms with Crippen molar-refractivity contribution in [3.8, 4) is 0 Å². The molecule has 0 saturated carbocycles. The molecule has 0 amide bonds.